The summed E-state index contributed by atoms with van der Waals surface area (Å²) in [5.41, 5.74) is 2.76. The van der Waals surface area contributed by atoms with E-state index in [4.69, 9.17) is 16.3 Å². The molecule has 0 spiro atoms. The van der Waals surface area contributed by atoms with Gasteiger partial charge in [-0.25, -0.2) is 0 Å². The number of amides is 3. The third-order valence-corrected chi connectivity index (χ3v) is 8.56. The van der Waals surface area contributed by atoms with Gasteiger partial charge in [-0.15, -0.1) is 0 Å². The number of hydrogen-bond acceptors (Lipinski definition) is 5. The Morgan fingerprint density at radius 2 is 1.92 bits per heavy atom. The van der Waals surface area contributed by atoms with Crippen molar-refractivity contribution >= 4 is 29.3 Å². The lowest BCUT2D eigenvalue weighted by atomic mass is 9.77. The maximum absolute atomic E-state index is 14.2. The highest BCUT2D eigenvalue weighted by molar-refractivity contribution is 6.31. The molecule has 3 atom stereocenters. The molecule has 1 aromatic heterocycles. The van der Waals surface area contributed by atoms with E-state index in [1.54, 1.807) is 19.4 Å². The Labute approximate surface area is 228 Å². The smallest absolute Gasteiger partial charge is 0.227 e. The molecular formula is C29H35ClN4O4. The van der Waals surface area contributed by atoms with Crippen LogP contribution in [0.15, 0.2) is 36.7 Å². The second-order valence-corrected chi connectivity index (χ2v) is 10.8. The lowest BCUT2D eigenvalue weighted by Crippen LogP contribution is -2.50. The molecule has 0 radical (unpaired) electrons. The average Bonchev–Trinajstić information content (AvgIpc) is 3.36. The fourth-order valence-electron chi connectivity index (χ4n) is 6.25. The summed E-state index contributed by atoms with van der Waals surface area (Å²) in [5, 5.41) is 3.40. The fraction of sp³-hybridized carbons (Fsp3) is 0.517. The number of halogens is 1. The average molecular weight is 539 g/mol. The number of fused-ring (bicyclic) bond motifs is 1. The van der Waals surface area contributed by atoms with Gasteiger partial charge < -0.3 is 19.9 Å². The second-order valence-electron chi connectivity index (χ2n) is 10.4. The molecule has 5 rings (SSSR count). The molecule has 3 amide bonds. The Balaban J connectivity index is 1.51. The third-order valence-electron chi connectivity index (χ3n) is 8.20. The Bertz CT molecular complexity index is 1190. The van der Waals surface area contributed by atoms with Gasteiger partial charge in [-0.05, 0) is 49.4 Å². The Kier molecular flexibility index (Phi) is 8.17. The lowest BCUT2D eigenvalue weighted by Gasteiger charge is -2.43. The van der Waals surface area contributed by atoms with Crippen LogP contribution in [0.3, 0.4) is 0 Å². The molecule has 2 aliphatic heterocycles. The van der Waals surface area contributed by atoms with E-state index in [0.29, 0.717) is 62.7 Å². The zero-order valence-electron chi connectivity index (χ0n) is 21.8. The molecule has 2 fully saturated rings. The van der Waals surface area contributed by atoms with Crippen LogP contribution in [0.5, 0.6) is 5.75 Å². The number of rotatable bonds is 7. The van der Waals surface area contributed by atoms with Crippen molar-refractivity contribution in [1.82, 2.24) is 20.1 Å². The van der Waals surface area contributed by atoms with E-state index in [0.717, 1.165) is 36.0 Å². The fourth-order valence-corrected chi connectivity index (χ4v) is 6.51. The van der Waals surface area contributed by atoms with Gasteiger partial charge in [0, 0.05) is 73.5 Å². The number of ether oxygens (including phenoxy) is 1. The van der Waals surface area contributed by atoms with E-state index in [1.807, 2.05) is 34.1 Å². The molecule has 1 saturated heterocycles. The topological polar surface area (TPSA) is 91.8 Å². The lowest BCUT2D eigenvalue weighted by molar-refractivity contribution is -0.147. The predicted molar refractivity (Wildman–Crippen MR) is 144 cm³/mol. The van der Waals surface area contributed by atoms with E-state index in [1.165, 1.54) is 0 Å². The van der Waals surface area contributed by atoms with E-state index >= 15 is 0 Å². The van der Waals surface area contributed by atoms with Crippen molar-refractivity contribution in [2.75, 3.05) is 26.7 Å². The molecule has 1 N–H and O–H groups in total. The van der Waals surface area contributed by atoms with Crippen molar-refractivity contribution in [1.29, 1.82) is 0 Å². The van der Waals surface area contributed by atoms with Gasteiger partial charge in [-0.3, -0.25) is 19.4 Å². The van der Waals surface area contributed by atoms with Crippen LogP contribution in [0.1, 0.15) is 61.3 Å². The standard InChI is InChI=1S/C29H35ClN4O4/c1-31-28(36)20-7-2-3-8-21(20)29(37)34-15-12-22-23(30)10-11-25(38-18-19-6-4-13-32-16-19)27(22)24(34)17-33-14-5-9-26(33)35/h4,6,10-11,13,16,20-21,24H,2-3,5,7-9,12,14-15,17-18H2,1H3,(H,31,36)/t20-,21+,24+/m0/s1. The summed E-state index contributed by atoms with van der Waals surface area (Å²) in [4.78, 5) is 47.5. The number of nitrogens with one attached hydrogen (secondary N) is 1. The van der Waals surface area contributed by atoms with Gasteiger partial charge in [0.1, 0.15) is 12.4 Å². The van der Waals surface area contributed by atoms with Gasteiger partial charge in [0.25, 0.3) is 0 Å². The van der Waals surface area contributed by atoms with Crippen molar-refractivity contribution in [3.63, 3.8) is 0 Å². The van der Waals surface area contributed by atoms with Crippen molar-refractivity contribution in [2.45, 2.75) is 57.6 Å². The first kappa shape index (κ1) is 26.5. The van der Waals surface area contributed by atoms with E-state index in [9.17, 15) is 14.4 Å². The molecule has 1 saturated carbocycles. The highest BCUT2D eigenvalue weighted by Gasteiger charge is 2.43. The SMILES string of the molecule is CNC(=O)[C@H]1CCCC[C@H]1C(=O)N1CCc2c(Cl)ccc(OCc3cccnc3)c2[C@H]1CN1CCCC1=O. The molecule has 0 bridgehead atoms. The first-order chi connectivity index (χ1) is 18.5. The molecule has 9 heteroatoms. The summed E-state index contributed by atoms with van der Waals surface area (Å²) >= 11 is 6.70. The van der Waals surface area contributed by atoms with Crippen LogP contribution in [-0.2, 0) is 27.4 Å². The number of carbonyl (C=O) groups excluding carboxylic acids is 3. The number of hydrogen-bond donors (Lipinski definition) is 1. The zero-order chi connectivity index (χ0) is 26.6. The van der Waals surface area contributed by atoms with Gasteiger partial charge in [-0.1, -0.05) is 30.5 Å². The van der Waals surface area contributed by atoms with Crippen molar-refractivity contribution < 1.29 is 19.1 Å². The third kappa shape index (κ3) is 5.37. The van der Waals surface area contributed by atoms with Crippen molar-refractivity contribution in [2.24, 2.45) is 11.8 Å². The number of likely N-dealkylation sites (tertiary alicyclic amines) is 1. The van der Waals surface area contributed by atoms with Crippen LogP contribution in [0, 0.1) is 11.8 Å². The quantitative estimate of drug-likeness (QED) is 0.577. The van der Waals surface area contributed by atoms with Crippen LogP contribution in [0.2, 0.25) is 5.02 Å². The number of aromatic nitrogens is 1. The monoisotopic (exact) mass is 538 g/mol. The summed E-state index contributed by atoms with van der Waals surface area (Å²) < 4.78 is 6.31. The van der Waals surface area contributed by atoms with Crippen LogP contribution in [0.25, 0.3) is 0 Å². The molecule has 1 aromatic carbocycles. The minimum absolute atomic E-state index is 0.0150. The minimum atomic E-state index is -0.400. The van der Waals surface area contributed by atoms with Gasteiger partial charge in [0.2, 0.25) is 17.7 Å². The number of benzene rings is 1. The molecule has 8 nitrogen and oxygen atoms in total. The number of pyridine rings is 1. The van der Waals surface area contributed by atoms with Gasteiger partial charge >= 0.3 is 0 Å². The zero-order valence-corrected chi connectivity index (χ0v) is 22.6. The molecule has 202 valence electrons. The predicted octanol–water partition coefficient (Wildman–Crippen LogP) is 3.91. The first-order valence-electron chi connectivity index (χ1n) is 13.6. The molecule has 2 aromatic rings. The van der Waals surface area contributed by atoms with Gasteiger partial charge in [0.15, 0.2) is 0 Å². The van der Waals surface area contributed by atoms with Crippen molar-refractivity contribution in [3.8, 4) is 5.75 Å². The normalized spacial score (nSPS) is 23.2. The van der Waals surface area contributed by atoms with Crippen LogP contribution < -0.4 is 10.1 Å². The Morgan fingerprint density at radius 3 is 2.63 bits per heavy atom. The summed E-state index contributed by atoms with van der Waals surface area (Å²) in [5.74, 6) is -0.0356. The number of carbonyl (C=O) groups is 3. The highest BCUT2D eigenvalue weighted by Crippen LogP contribution is 2.43. The maximum atomic E-state index is 14.2. The molecule has 3 heterocycles. The summed E-state index contributed by atoms with van der Waals surface area (Å²) in [6.45, 7) is 1.87. The van der Waals surface area contributed by atoms with Gasteiger partial charge in [-0.2, -0.15) is 0 Å². The second kappa shape index (κ2) is 11.7. The highest BCUT2D eigenvalue weighted by atomic mass is 35.5. The molecular weight excluding hydrogens is 504 g/mol. The first-order valence-corrected chi connectivity index (χ1v) is 14.0. The summed E-state index contributed by atoms with van der Waals surface area (Å²) in [6.07, 6.45) is 8.68. The van der Waals surface area contributed by atoms with E-state index < -0.39 is 6.04 Å². The maximum Gasteiger partial charge on any atom is 0.227 e. The van der Waals surface area contributed by atoms with Crippen LogP contribution in [0.4, 0.5) is 0 Å². The van der Waals surface area contributed by atoms with Crippen LogP contribution in [-0.4, -0.2) is 59.2 Å². The van der Waals surface area contributed by atoms with E-state index in [-0.39, 0.29) is 29.6 Å². The van der Waals surface area contributed by atoms with E-state index in [2.05, 4.69) is 10.3 Å². The molecule has 38 heavy (non-hydrogen) atoms. The largest absolute Gasteiger partial charge is 0.488 e. The molecule has 3 aliphatic rings. The minimum Gasteiger partial charge on any atom is -0.488 e. The molecule has 1 aliphatic carbocycles. The molecule has 0 unspecified atom stereocenters. The summed E-state index contributed by atoms with van der Waals surface area (Å²) in [6, 6.07) is 7.12. The van der Waals surface area contributed by atoms with Crippen molar-refractivity contribution in [3.05, 3.63) is 58.4 Å². The Hall–Kier alpha value is -3.13. The summed E-state index contributed by atoms with van der Waals surface area (Å²) in [7, 11) is 1.63. The van der Waals surface area contributed by atoms with Crippen LogP contribution >= 0.6 is 11.6 Å². The number of nitrogens with zero attached hydrogens (tertiary/aromatic N) is 3. The van der Waals surface area contributed by atoms with Gasteiger partial charge in [0.05, 0.1) is 6.04 Å². The Morgan fingerprint density at radius 1 is 1.11 bits per heavy atom.